The Morgan fingerprint density at radius 2 is 1.65 bits per heavy atom. The van der Waals surface area contributed by atoms with Crippen molar-refractivity contribution < 1.29 is 24.2 Å². The molecule has 0 amide bonds. The van der Waals surface area contributed by atoms with Crippen molar-refractivity contribution in [3.63, 3.8) is 0 Å². The molecule has 26 heavy (non-hydrogen) atoms. The van der Waals surface area contributed by atoms with E-state index in [-0.39, 0.29) is 12.5 Å². The second-order valence-corrected chi connectivity index (χ2v) is 6.07. The summed E-state index contributed by atoms with van der Waals surface area (Å²) < 4.78 is 4.87. The van der Waals surface area contributed by atoms with Gasteiger partial charge in [-0.25, -0.2) is 4.79 Å². The third-order valence-electron chi connectivity index (χ3n) is 3.83. The first-order valence-corrected chi connectivity index (χ1v) is 8.82. The zero-order valence-corrected chi connectivity index (χ0v) is 15.5. The van der Waals surface area contributed by atoms with Gasteiger partial charge in [0.25, 0.3) is 0 Å². The highest BCUT2D eigenvalue weighted by molar-refractivity contribution is 6.31. The summed E-state index contributed by atoms with van der Waals surface area (Å²) in [6, 6.07) is 8.62. The number of ether oxygens (including phenoxy) is 1. The molecule has 0 unspecified atom stereocenters. The molecule has 1 aromatic rings. The van der Waals surface area contributed by atoms with Crippen LogP contribution in [0.2, 0.25) is 0 Å². The van der Waals surface area contributed by atoms with Gasteiger partial charge in [0.2, 0.25) is 5.78 Å². The number of carbonyl (C=O) groups is 3. The highest BCUT2D eigenvalue weighted by Gasteiger charge is 2.11. The first-order chi connectivity index (χ1) is 12.4. The Hall–Kier alpha value is -2.25. The summed E-state index contributed by atoms with van der Waals surface area (Å²) in [4.78, 5) is 32.6. The van der Waals surface area contributed by atoms with Gasteiger partial charge in [0.15, 0.2) is 0 Å². The van der Waals surface area contributed by atoms with Gasteiger partial charge >= 0.3 is 11.9 Å². The number of ketones is 1. The van der Waals surface area contributed by atoms with Gasteiger partial charge in [-0.05, 0) is 44.0 Å². The van der Waals surface area contributed by atoms with E-state index in [1.54, 1.807) is 0 Å². The molecule has 2 rings (SSSR count). The van der Waals surface area contributed by atoms with E-state index in [0.717, 1.165) is 13.5 Å². The van der Waals surface area contributed by atoms with E-state index >= 15 is 0 Å². The molecule has 1 fully saturated rings. The average Bonchev–Trinajstić information content (AvgIpc) is 3.10. The van der Waals surface area contributed by atoms with Gasteiger partial charge in [0.1, 0.15) is 0 Å². The molecule has 1 aromatic carbocycles. The summed E-state index contributed by atoms with van der Waals surface area (Å²) in [5.41, 5.74) is 2.56. The second-order valence-electron chi connectivity index (χ2n) is 6.07. The molecule has 0 saturated carbocycles. The van der Waals surface area contributed by atoms with Crippen LogP contribution in [0.5, 0.6) is 0 Å². The smallest absolute Gasteiger partial charge is 0.371 e. The SMILES string of the molecule is CC(=O)C(=O)O.CCOC(=O)CNCc1ccc(CN2CCCC2)cc1. The van der Waals surface area contributed by atoms with Crippen LogP contribution in [-0.4, -0.2) is 54.0 Å². The molecule has 7 nitrogen and oxygen atoms in total. The molecule has 1 aliphatic heterocycles. The molecule has 144 valence electrons. The van der Waals surface area contributed by atoms with Crippen molar-refractivity contribution in [2.45, 2.75) is 39.8 Å². The number of carboxylic acid groups (broad SMARTS) is 1. The lowest BCUT2D eigenvalue weighted by Crippen LogP contribution is -2.24. The predicted octanol–water partition coefficient (Wildman–Crippen LogP) is 1.60. The van der Waals surface area contributed by atoms with Gasteiger partial charge in [-0.3, -0.25) is 14.5 Å². The van der Waals surface area contributed by atoms with Crippen LogP contribution < -0.4 is 5.32 Å². The zero-order chi connectivity index (χ0) is 19.4. The minimum Gasteiger partial charge on any atom is -0.476 e. The summed E-state index contributed by atoms with van der Waals surface area (Å²) in [6.07, 6.45) is 2.66. The minimum atomic E-state index is -1.38. The summed E-state index contributed by atoms with van der Waals surface area (Å²) >= 11 is 0. The van der Waals surface area contributed by atoms with Crippen molar-refractivity contribution in [3.05, 3.63) is 35.4 Å². The van der Waals surface area contributed by atoms with Crippen molar-refractivity contribution >= 4 is 17.7 Å². The third kappa shape index (κ3) is 9.29. The van der Waals surface area contributed by atoms with Crippen molar-refractivity contribution in [2.75, 3.05) is 26.2 Å². The van der Waals surface area contributed by atoms with Crippen molar-refractivity contribution in [3.8, 4) is 0 Å². The number of carboxylic acids is 1. The molecular weight excluding hydrogens is 336 g/mol. The number of likely N-dealkylation sites (tertiary alicyclic amines) is 1. The lowest BCUT2D eigenvalue weighted by molar-refractivity contribution is -0.148. The number of nitrogens with one attached hydrogen (secondary N) is 1. The quantitative estimate of drug-likeness (QED) is 0.534. The van der Waals surface area contributed by atoms with Gasteiger partial charge in [0, 0.05) is 20.0 Å². The Kier molecular flexibility index (Phi) is 10.2. The van der Waals surface area contributed by atoms with Gasteiger partial charge < -0.3 is 15.2 Å². The number of esters is 1. The van der Waals surface area contributed by atoms with E-state index in [9.17, 15) is 14.4 Å². The third-order valence-corrected chi connectivity index (χ3v) is 3.83. The zero-order valence-electron chi connectivity index (χ0n) is 15.5. The molecule has 1 heterocycles. The monoisotopic (exact) mass is 364 g/mol. The molecule has 1 aliphatic rings. The molecule has 0 aromatic heterocycles. The summed E-state index contributed by atoms with van der Waals surface area (Å²) in [6.45, 7) is 7.72. The minimum absolute atomic E-state index is 0.196. The van der Waals surface area contributed by atoms with E-state index < -0.39 is 11.8 Å². The predicted molar refractivity (Wildman–Crippen MR) is 97.6 cm³/mol. The highest BCUT2D eigenvalue weighted by atomic mass is 16.5. The second kappa shape index (κ2) is 12.2. The van der Waals surface area contributed by atoms with Crippen LogP contribution in [-0.2, 0) is 32.2 Å². The molecule has 0 spiro atoms. The molecular formula is C19H28N2O5. The standard InChI is InChI=1S/C16H24N2O2.C3H4O3/c1-2-20-16(19)12-17-11-14-5-7-15(8-6-14)13-18-9-3-4-10-18;1-2(4)3(5)6/h5-8,17H,2-4,9-13H2,1H3;1H3,(H,5,6). The number of rotatable bonds is 8. The topological polar surface area (TPSA) is 95.9 Å². The van der Waals surface area contributed by atoms with Gasteiger partial charge in [0.05, 0.1) is 13.2 Å². The Bertz CT molecular complexity index is 568. The largest absolute Gasteiger partial charge is 0.476 e. The number of hydrogen-bond donors (Lipinski definition) is 2. The summed E-state index contributed by atoms with van der Waals surface area (Å²) in [5.74, 6) is -2.40. The van der Waals surface area contributed by atoms with Crippen LogP contribution in [0.15, 0.2) is 24.3 Å². The molecule has 7 heteroatoms. The maximum absolute atomic E-state index is 11.2. The Morgan fingerprint density at radius 3 is 2.15 bits per heavy atom. The number of hydrogen-bond acceptors (Lipinski definition) is 6. The lowest BCUT2D eigenvalue weighted by Gasteiger charge is -2.14. The van der Waals surface area contributed by atoms with Crippen LogP contribution in [0, 0.1) is 0 Å². The highest BCUT2D eigenvalue weighted by Crippen LogP contribution is 2.13. The van der Waals surface area contributed by atoms with E-state index in [0.29, 0.717) is 13.2 Å². The van der Waals surface area contributed by atoms with Gasteiger partial charge in [-0.1, -0.05) is 24.3 Å². The number of carbonyl (C=O) groups excluding carboxylic acids is 2. The normalized spacial score (nSPS) is 13.6. The first kappa shape index (κ1) is 21.8. The van der Waals surface area contributed by atoms with Crippen molar-refractivity contribution in [2.24, 2.45) is 0 Å². The number of Topliss-reactive ketones (excluding diaryl/α,β-unsaturated/α-hetero) is 1. The number of nitrogens with zero attached hydrogens (tertiary/aromatic N) is 1. The molecule has 0 bridgehead atoms. The van der Waals surface area contributed by atoms with Crippen molar-refractivity contribution in [1.82, 2.24) is 10.2 Å². The maximum Gasteiger partial charge on any atom is 0.371 e. The van der Waals surface area contributed by atoms with Crippen LogP contribution in [0.4, 0.5) is 0 Å². The Labute approximate surface area is 154 Å². The summed E-state index contributed by atoms with van der Waals surface area (Å²) in [7, 11) is 0. The van der Waals surface area contributed by atoms with E-state index in [1.165, 1.54) is 37.1 Å². The fourth-order valence-electron chi connectivity index (χ4n) is 2.48. The van der Waals surface area contributed by atoms with Crippen LogP contribution in [0.1, 0.15) is 37.8 Å². The molecule has 1 saturated heterocycles. The lowest BCUT2D eigenvalue weighted by atomic mass is 10.1. The fraction of sp³-hybridized carbons (Fsp3) is 0.526. The summed E-state index contributed by atoms with van der Waals surface area (Å²) in [5, 5.41) is 10.7. The van der Waals surface area contributed by atoms with E-state index in [2.05, 4.69) is 34.5 Å². The van der Waals surface area contributed by atoms with Gasteiger partial charge in [-0.2, -0.15) is 0 Å². The number of aliphatic carboxylic acids is 1. The van der Waals surface area contributed by atoms with Crippen LogP contribution in [0.25, 0.3) is 0 Å². The Balaban J connectivity index is 0.000000487. The molecule has 0 atom stereocenters. The van der Waals surface area contributed by atoms with Crippen LogP contribution >= 0.6 is 0 Å². The Morgan fingerprint density at radius 1 is 1.12 bits per heavy atom. The molecule has 2 N–H and O–H groups in total. The fourth-order valence-corrected chi connectivity index (χ4v) is 2.48. The van der Waals surface area contributed by atoms with Crippen LogP contribution in [0.3, 0.4) is 0 Å². The molecule has 0 aliphatic carbocycles. The number of benzene rings is 1. The average molecular weight is 364 g/mol. The van der Waals surface area contributed by atoms with Gasteiger partial charge in [-0.15, -0.1) is 0 Å². The molecule has 0 radical (unpaired) electrons. The maximum atomic E-state index is 11.2. The van der Waals surface area contributed by atoms with E-state index in [4.69, 9.17) is 9.84 Å². The van der Waals surface area contributed by atoms with Crippen molar-refractivity contribution in [1.29, 1.82) is 0 Å². The van der Waals surface area contributed by atoms with E-state index in [1.807, 2.05) is 6.92 Å². The first-order valence-electron chi connectivity index (χ1n) is 8.82.